The maximum atomic E-state index is 12.4. The molecule has 0 radical (unpaired) electrons. The average Bonchev–Trinajstić information content (AvgIpc) is 2.48. The predicted octanol–water partition coefficient (Wildman–Crippen LogP) is 2.65. The summed E-state index contributed by atoms with van der Waals surface area (Å²) in [7, 11) is 0. The zero-order valence-corrected chi connectivity index (χ0v) is 10.7. The number of nitrogens with two attached hydrogens (primary N) is 1. The van der Waals surface area contributed by atoms with E-state index in [4.69, 9.17) is 10.5 Å². The second-order valence-electron chi connectivity index (χ2n) is 4.18. The Morgan fingerprint density at radius 1 is 1.00 bits per heavy atom. The second kappa shape index (κ2) is 6.71. The van der Waals surface area contributed by atoms with Crippen LogP contribution in [0.4, 0.5) is 0 Å². The first kappa shape index (κ1) is 13.3. The summed E-state index contributed by atoms with van der Waals surface area (Å²) in [4.78, 5) is 12.4. The highest BCUT2D eigenvalue weighted by molar-refractivity contribution is 6.10. The molecule has 0 saturated heterocycles. The molecular formula is C16H17NO2. The SMILES string of the molecule is NCCCOc1ccccc1C(=O)c1ccccc1. The van der Waals surface area contributed by atoms with E-state index in [1.54, 1.807) is 18.2 Å². The van der Waals surface area contributed by atoms with Crippen molar-refractivity contribution >= 4 is 5.78 Å². The summed E-state index contributed by atoms with van der Waals surface area (Å²) in [6, 6.07) is 16.5. The summed E-state index contributed by atoms with van der Waals surface area (Å²) in [6.07, 6.45) is 0.772. The van der Waals surface area contributed by atoms with E-state index in [0.717, 1.165) is 6.42 Å². The number of ether oxygens (including phenoxy) is 1. The fraction of sp³-hybridized carbons (Fsp3) is 0.188. The lowest BCUT2D eigenvalue weighted by Crippen LogP contribution is -2.09. The third-order valence-electron chi connectivity index (χ3n) is 2.77. The van der Waals surface area contributed by atoms with E-state index in [2.05, 4.69) is 0 Å². The van der Waals surface area contributed by atoms with Gasteiger partial charge in [0.1, 0.15) is 5.75 Å². The Labute approximate surface area is 113 Å². The van der Waals surface area contributed by atoms with E-state index >= 15 is 0 Å². The lowest BCUT2D eigenvalue weighted by atomic mass is 10.0. The molecule has 0 aliphatic carbocycles. The fourth-order valence-corrected chi connectivity index (χ4v) is 1.79. The molecule has 0 aliphatic rings. The van der Waals surface area contributed by atoms with Crippen molar-refractivity contribution in [1.29, 1.82) is 0 Å². The molecule has 0 unspecified atom stereocenters. The molecule has 2 N–H and O–H groups in total. The van der Waals surface area contributed by atoms with Gasteiger partial charge in [-0.05, 0) is 25.1 Å². The third-order valence-corrected chi connectivity index (χ3v) is 2.77. The first-order valence-electron chi connectivity index (χ1n) is 6.34. The maximum absolute atomic E-state index is 12.4. The molecule has 0 aliphatic heterocycles. The zero-order chi connectivity index (χ0) is 13.5. The molecule has 0 spiro atoms. The van der Waals surface area contributed by atoms with Crippen molar-refractivity contribution in [1.82, 2.24) is 0 Å². The van der Waals surface area contributed by atoms with Crippen molar-refractivity contribution in [2.75, 3.05) is 13.2 Å². The number of ketones is 1. The highest BCUT2D eigenvalue weighted by atomic mass is 16.5. The summed E-state index contributed by atoms with van der Waals surface area (Å²) in [6.45, 7) is 1.10. The van der Waals surface area contributed by atoms with E-state index < -0.39 is 0 Å². The van der Waals surface area contributed by atoms with Gasteiger partial charge in [-0.2, -0.15) is 0 Å². The van der Waals surface area contributed by atoms with Crippen molar-refractivity contribution in [3.63, 3.8) is 0 Å². The Morgan fingerprint density at radius 2 is 1.68 bits per heavy atom. The van der Waals surface area contributed by atoms with Gasteiger partial charge in [0.2, 0.25) is 0 Å². The summed E-state index contributed by atoms with van der Waals surface area (Å²) in [5.74, 6) is 0.591. The van der Waals surface area contributed by atoms with Crippen LogP contribution in [0.2, 0.25) is 0 Å². The van der Waals surface area contributed by atoms with Crippen LogP contribution in [0.25, 0.3) is 0 Å². The Balaban J connectivity index is 2.22. The third kappa shape index (κ3) is 3.42. The van der Waals surface area contributed by atoms with Crippen LogP contribution >= 0.6 is 0 Å². The smallest absolute Gasteiger partial charge is 0.196 e. The lowest BCUT2D eigenvalue weighted by Gasteiger charge is -2.10. The van der Waals surface area contributed by atoms with Crippen molar-refractivity contribution < 1.29 is 9.53 Å². The predicted molar refractivity (Wildman–Crippen MR) is 75.5 cm³/mol. The van der Waals surface area contributed by atoms with Crippen LogP contribution in [0, 0.1) is 0 Å². The molecule has 0 amide bonds. The van der Waals surface area contributed by atoms with E-state index in [9.17, 15) is 4.79 Å². The average molecular weight is 255 g/mol. The minimum absolute atomic E-state index is 0.0241. The highest BCUT2D eigenvalue weighted by Crippen LogP contribution is 2.21. The molecule has 0 atom stereocenters. The minimum Gasteiger partial charge on any atom is -0.493 e. The second-order valence-corrected chi connectivity index (χ2v) is 4.18. The molecule has 0 saturated carbocycles. The quantitative estimate of drug-likeness (QED) is 0.637. The lowest BCUT2D eigenvalue weighted by molar-refractivity contribution is 0.103. The fourth-order valence-electron chi connectivity index (χ4n) is 1.79. The summed E-state index contributed by atoms with van der Waals surface area (Å²) in [5, 5.41) is 0. The Morgan fingerprint density at radius 3 is 2.42 bits per heavy atom. The maximum Gasteiger partial charge on any atom is 0.196 e. The Kier molecular flexibility index (Phi) is 4.70. The van der Waals surface area contributed by atoms with Crippen molar-refractivity contribution in [3.8, 4) is 5.75 Å². The largest absolute Gasteiger partial charge is 0.493 e. The van der Waals surface area contributed by atoms with Gasteiger partial charge in [0.15, 0.2) is 5.78 Å². The first-order valence-corrected chi connectivity index (χ1v) is 6.34. The standard InChI is InChI=1S/C16H17NO2/c17-11-6-12-19-15-10-5-4-9-14(15)16(18)13-7-2-1-3-8-13/h1-5,7-10H,6,11-12,17H2. The van der Waals surface area contributed by atoms with E-state index in [1.165, 1.54) is 0 Å². The number of rotatable bonds is 6. The van der Waals surface area contributed by atoms with Gasteiger partial charge in [0, 0.05) is 5.56 Å². The van der Waals surface area contributed by atoms with Gasteiger partial charge in [0.05, 0.1) is 12.2 Å². The molecule has 3 nitrogen and oxygen atoms in total. The van der Waals surface area contributed by atoms with Crippen molar-refractivity contribution in [2.45, 2.75) is 6.42 Å². The van der Waals surface area contributed by atoms with Crippen molar-refractivity contribution in [2.24, 2.45) is 5.73 Å². The monoisotopic (exact) mass is 255 g/mol. The van der Waals surface area contributed by atoms with Crippen LogP contribution < -0.4 is 10.5 Å². The minimum atomic E-state index is -0.0241. The summed E-state index contributed by atoms with van der Waals surface area (Å²) in [5.41, 5.74) is 6.69. The van der Waals surface area contributed by atoms with Crippen molar-refractivity contribution in [3.05, 3.63) is 65.7 Å². The zero-order valence-electron chi connectivity index (χ0n) is 10.7. The van der Waals surface area contributed by atoms with Crippen LogP contribution in [-0.2, 0) is 0 Å². The molecule has 0 aromatic heterocycles. The number of hydrogen-bond acceptors (Lipinski definition) is 3. The molecule has 2 aromatic rings. The van der Waals surface area contributed by atoms with E-state index in [-0.39, 0.29) is 5.78 Å². The van der Waals surface area contributed by atoms with Gasteiger partial charge in [-0.3, -0.25) is 4.79 Å². The van der Waals surface area contributed by atoms with Gasteiger partial charge < -0.3 is 10.5 Å². The number of hydrogen-bond donors (Lipinski definition) is 1. The normalized spacial score (nSPS) is 10.2. The molecule has 3 heteroatoms. The molecular weight excluding hydrogens is 238 g/mol. The number of carbonyl (C=O) groups excluding carboxylic acids is 1. The van der Waals surface area contributed by atoms with Crippen LogP contribution in [0.5, 0.6) is 5.75 Å². The summed E-state index contributed by atoms with van der Waals surface area (Å²) >= 11 is 0. The van der Waals surface area contributed by atoms with Gasteiger partial charge in [0.25, 0.3) is 0 Å². The molecule has 2 aromatic carbocycles. The number of para-hydroxylation sites is 1. The highest BCUT2D eigenvalue weighted by Gasteiger charge is 2.13. The van der Waals surface area contributed by atoms with Crippen LogP contribution in [-0.4, -0.2) is 18.9 Å². The van der Waals surface area contributed by atoms with Gasteiger partial charge in [-0.1, -0.05) is 42.5 Å². The van der Waals surface area contributed by atoms with Crippen LogP contribution in [0.3, 0.4) is 0 Å². The Bertz CT molecular complexity index is 537. The molecule has 98 valence electrons. The topological polar surface area (TPSA) is 52.3 Å². The van der Waals surface area contributed by atoms with E-state index in [0.29, 0.717) is 30.0 Å². The molecule has 2 rings (SSSR count). The molecule has 0 fully saturated rings. The van der Waals surface area contributed by atoms with Gasteiger partial charge >= 0.3 is 0 Å². The molecule has 0 bridgehead atoms. The Hall–Kier alpha value is -2.13. The first-order chi connectivity index (χ1) is 9.33. The van der Waals surface area contributed by atoms with Gasteiger partial charge in [-0.15, -0.1) is 0 Å². The van der Waals surface area contributed by atoms with Crippen LogP contribution in [0.15, 0.2) is 54.6 Å². The number of carbonyl (C=O) groups is 1. The molecule has 0 heterocycles. The summed E-state index contributed by atoms with van der Waals surface area (Å²) < 4.78 is 5.62. The van der Waals surface area contributed by atoms with Gasteiger partial charge in [-0.25, -0.2) is 0 Å². The van der Waals surface area contributed by atoms with E-state index in [1.807, 2.05) is 36.4 Å². The number of benzene rings is 2. The van der Waals surface area contributed by atoms with Crippen LogP contribution in [0.1, 0.15) is 22.3 Å². The molecule has 19 heavy (non-hydrogen) atoms.